The minimum absolute atomic E-state index is 0.269. The van der Waals surface area contributed by atoms with Crippen molar-refractivity contribution in [3.63, 3.8) is 0 Å². The number of hydrogen-bond acceptors (Lipinski definition) is 5. The van der Waals surface area contributed by atoms with E-state index in [2.05, 4.69) is 26.8 Å². The molecule has 2 aromatic rings. The summed E-state index contributed by atoms with van der Waals surface area (Å²) in [6.07, 6.45) is 6.27. The maximum Gasteiger partial charge on any atom is 0.247 e. The molecule has 1 atom stereocenters. The number of piperazine rings is 1. The van der Waals surface area contributed by atoms with Crippen molar-refractivity contribution in [2.24, 2.45) is 0 Å². The van der Waals surface area contributed by atoms with E-state index in [1.54, 1.807) is 42.9 Å². The third-order valence-corrected chi connectivity index (χ3v) is 5.37. The van der Waals surface area contributed by atoms with Crippen LogP contribution in [0.15, 0.2) is 60.4 Å². The molecule has 1 fully saturated rings. The van der Waals surface area contributed by atoms with Gasteiger partial charge in [-0.15, -0.1) is 0 Å². The summed E-state index contributed by atoms with van der Waals surface area (Å²) in [5.41, 5.74) is 0.651. The maximum absolute atomic E-state index is 12.7. The molecule has 130 valence electrons. The zero-order chi connectivity index (χ0) is 17.6. The average Bonchev–Trinajstić information content (AvgIpc) is 2.69. The molecule has 2 heterocycles. The molecule has 1 unspecified atom stereocenters. The first-order valence-corrected chi connectivity index (χ1v) is 8.99. The van der Waals surface area contributed by atoms with Gasteiger partial charge in [0.15, 0.2) is 0 Å². The van der Waals surface area contributed by atoms with Gasteiger partial charge in [-0.25, -0.2) is 13.5 Å². The molecule has 7 nitrogen and oxygen atoms in total. The van der Waals surface area contributed by atoms with Crippen molar-refractivity contribution in [1.29, 1.82) is 0 Å². The molecule has 1 saturated heterocycles. The van der Waals surface area contributed by atoms with Gasteiger partial charge in [0.25, 0.3) is 0 Å². The molecule has 8 heteroatoms. The first-order valence-electron chi connectivity index (χ1n) is 7.88. The number of aromatic nitrogens is 2. The topological polar surface area (TPSA) is 78.4 Å². The van der Waals surface area contributed by atoms with E-state index >= 15 is 0 Å². The SMILES string of the molecule is C=CC(=O)Nc1ccc(S(=O)N2CCN(c3cnccn3)CC2)cc1. The van der Waals surface area contributed by atoms with Crippen molar-refractivity contribution in [2.45, 2.75) is 4.90 Å². The molecule has 25 heavy (non-hydrogen) atoms. The molecule has 0 saturated carbocycles. The van der Waals surface area contributed by atoms with Crippen LogP contribution in [0.1, 0.15) is 0 Å². The highest BCUT2D eigenvalue weighted by Gasteiger charge is 2.23. The van der Waals surface area contributed by atoms with E-state index in [1.165, 1.54) is 6.08 Å². The molecule has 1 aliphatic rings. The average molecular weight is 357 g/mol. The minimum atomic E-state index is -1.23. The number of anilines is 2. The van der Waals surface area contributed by atoms with Crippen molar-refractivity contribution < 1.29 is 9.00 Å². The molecule has 1 aliphatic heterocycles. The lowest BCUT2D eigenvalue weighted by Crippen LogP contribution is -2.47. The third-order valence-electron chi connectivity index (χ3n) is 3.86. The van der Waals surface area contributed by atoms with Crippen molar-refractivity contribution in [1.82, 2.24) is 14.3 Å². The Morgan fingerprint density at radius 3 is 2.48 bits per heavy atom. The Balaban J connectivity index is 1.59. The molecular formula is C17H19N5O2S. The van der Waals surface area contributed by atoms with Gasteiger partial charge in [0.2, 0.25) is 5.91 Å². The summed E-state index contributed by atoms with van der Waals surface area (Å²) < 4.78 is 14.7. The molecule has 1 N–H and O–H groups in total. The molecule has 0 aliphatic carbocycles. The molecule has 3 rings (SSSR count). The molecule has 0 bridgehead atoms. The number of nitrogens with zero attached hydrogens (tertiary/aromatic N) is 4. The Morgan fingerprint density at radius 2 is 1.88 bits per heavy atom. The largest absolute Gasteiger partial charge is 0.353 e. The number of nitrogens with one attached hydrogen (secondary N) is 1. The zero-order valence-electron chi connectivity index (χ0n) is 13.7. The lowest BCUT2D eigenvalue weighted by Gasteiger charge is -2.34. The second-order valence-corrected chi connectivity index (χ2v) is 6.93. The van der Waals surface area contributed by atoms with Crippen molar-refractivity contribution in [3.8, 4) is 0 Å². The lowest BCUT2D eigenvalue weighted by molar-refractivity contribution is -0.111. The maximum atomic E-state index is 12.7. The van der Waals surface area contributed by atoms with Gasteiger partial charge < -0.3 is 10.2 Å². The van der Waals surface area contributed by atoms with Gasteiger partial charge in [-0.05, 0) is 30.3 Å². The summed E-state index contributed by atoms with van der Waals surface area (Å²) in [6, 6.07) is 7.02. The fourth-order valence-electron chi connectivity index (χ4n) is 2.53. The van der Waals surface area contributed by atoms with Crippen LogP contribution in [0.2, 0.25) is 0 Å². The summed E-state index contributed by atoms with van der Waals surface area (Å²) in [5, 5.41) is 2.67. The van der Waals surface area contributed by atoms with Gasteiger partial charge in [0, 0.05) is 44.3 Å². The Kier molecular flexibility index (Phi) is 5.52. The standard InChI is InChI=1S/C17H19N5O2S/c1-2-17(23)20-14-3-5-15(6-4-14)25(24)22-11-9-21(10-12-22)16-13-18-7-8-19-16/h2-8,13H,1,9-12H2,(H,20,23). The highest BCUT2D eigenvalue weighted by atomic mass is 32.2. The van der Waals surface area contributed by atoms with Gasteiger partial charge >= 0.3 is 0 Å². The van der Waals surface area contributed by atoms with Crippen LogP contribution in [0.3, 0.4) is 0 Å². The second-order valence-electron chi connectivity index (χ2n) is 5.45. The van der Waals surface area contributed by atoms with E-state index < -0.39 is 11.0 Å². The monoisotopic (exact) mass is 357 g/mol. The normalized spacial score (nSPS) is 16.2. The van der Waals surface area contributed by atoms with E-state index in [1.807, 2.05) is 4.31 Å². The van der Waals surface area contributed by atoms with Crippen molar-refractivity contribution in [3.05, 3.63) is 55.5 Å². The molecule has 1 aromatic heterocycles. The van der Waals surface area contributed by atoms with Gasteiger partial charge in [0.05, 0.1) is 11.1 Å². The van der Waals surface area contributed by atoms with Crippen LogP contribution in [0, 0.1) is 0 Å². The van der Waals surface area contributed by atoms with E-state index in [4.69, 9.17) is 0 Å². The summed E-state index contributed by atoms with van der Waals surface area (Å²) in [7, 11) is -1.23. The number of amides is 1. The minimum Gasteiger partial charge on any atom is -0.353 e. The number of rotatable bonds is 5. The summed E-state index contributed by atoms with van der Waals surface area (Å²) in [6.45, 7) is 6.27. The highest BCUT2D eigenvalue weighted by Crippen LogP contribution is 2.18. The third kappa shape index (κ3) is 4.28. The fourth-order valence-corrected chi connectivity index (χ4v) is 3.70. The summed E-state index contributed by atoms with van der Waals surface area (Å²) in [4.78, 5) is 22.5. The van der Waals surface area contributed by atoms with Crippen LogP contribution in [0.25, 0.3) is 0 Å². The van der Waals surface area contributed by atoms with E-state index in [0.29, 0.717) is 23.7 Å². The number of hydrogen-bond donors (Lipinski definition) is 1. The first-order chi connectivity index (χ1) is 12.2. The van der Waals surface area contributed by atoms with E-state index in [0.717, 1.165) is 18.9 Å². The molecule has 1 amide bonds. The molecule has 0 radical (unpaired) electrons. The predicted molar refractivity (Wildman–Crippen MR) is 97.5 cm³/mol. The highest BCUT2D eigenvalue weighted by molar-refractivity contribution is 7.82. The first kappa shape index (κ1) is 17.2. The van der Waals surface area contributed by atoms with E-state index in [9.17, 15) is 9.00 Å². The van der Waals surface area contributed by atoms with Gasteiger partial charge in [-0.3, -0.25) is 9.78 Å². The van der Waals surface area contributed by atoms with Crippen LogP contribution < -0.4 is 10.2 Å². The van der Waals surface area contributed by atoms with Crippen LogP contribution in [-0.2, 0) is 15.8 Å². The lowest BCUT2D eigenvalue weighted by atomic mass is 10.3. The van der Waals surface area contributed by atoms with Gasteiger partial charge in [-0.1, -0.05) is 6.58 Å². The Hall–Kier alpha value is -2.58. The number of benzene rings is 1. The quantitative estimate of drug-likeness (QED) is 0.820. The molecule has 1 aromatic carbocycles. The second kappa shape index (κ2) is 8.00. The number of carbonyl (C=O) groups is 1. The Bertz CT molecular complexity index is 758. The number of carbonyl (C=O) groups excluding carboxylic acids is 1. The molecule has 0 spiro atoms. The van der Waals surface area contributed by atoms with Crippen LogP contribution in [0.4, 0.5) is 11.5 Å². The van der Waals surface area contributed by atoms with Crippen LogP contribution in [-0.4, -0.2) is 50.6 Å². The van der Waals surface area contributed by atoms with Crippen molar-refractivity contribution in [2.75, 3.05) is 36.4 Å². The molecular weight excluding hydrogens is 338 g/mol. The zero-order valence-corrected chi connectivity index (χ0v) is 14.5. The smallest absolute Gasteiger partial charge is 0.247 e. The van der Waals surface area contributed by atoms with Crippen LogP contribution in [0.5, 0.6) is 0 Å². The summed E-state index contributed by atoms with van der Waals surface area (Å²) in [5.74, 6) is 0.573. The van der Waals surface area contributed by atoms with Crippen LogP contribution >= 0.6 is 0 Å². The van der Waals surface area contributed by atoms with Crippen molar-refractivity contribution >= 4 is 28.4 Å². The summed E-state index contributed by atoms with van der Waals surface area (Å²) >= 11 is 0. The van der Waals surface area contributed by atoms with E-state index in [-0.39, 0.29) is 5.91 Å². The fraction of sp³-hybridized carbons (Fsp3) is 0.235. The Morgan fingerprint density at radius 1 is 1.16 bits per heavy atom. The van der Waals surface area contributed by atoms with Gasteiger partial charge in [0.1, 0.15) is 16.8 Å². The Labute approximate surface area is 149 Å². The van der Waals surface area contributed by atoms with Gasteiger partial charge in [-0.2, -0.15) is 0 Å². The predicted octanol–water partition coefficient (Wildman–Crippen LogP) is 1.45.